The summed E-state index contributed by atoms with van der Waals surface area (Å²) < 4.78 is 14.0. The highest BCUT2D eigenvalue weighted by Crippen LogP contribution is 2.28. The fraction of sp³-hybridized carbons (Fsp3) is 0.625. The molecule has 1 N–H and O–H groups in total. The minimum atomic E-state index is -0.212. The number of rotatable bonds is 2. The quantitative estimate of drug-likeness (QED) is 0.896. The van der Waals surface area contributed by atoms with Crippen LogP contribution < -0.4 is 5.32 Å². The summed E-state index contributed by atoms with van der Waals surface area (Å²) >= 11 is 5.82. The number of piperazine rings is 1. The molecule has 0 bridgehead atoms. The number of hydrogen-bond donors (Lipinski definition) is 1. The molecule has 1 saturated heterocycles. The molecule has 0 spiro atoms. The molecule has 20 heavy (non-hydrogen) atoms. The molecule has 1 aliphatic rings. The van der Waals surface area contributed by atoms with Crippen molar-refractivity contribution in [1.29, 1.82) is 0 Å². The summed E-state index contributed by atoms with van der Waals surface area (Å²) in [5.74, 6) is -0.212. The molecular weight excluding hydrogens is 275 g/mol. The Morgan fingerprint density at radius 1 is 1.40 bits per heavy atom. The van der Waals surface area contributed by atoms with Crippen LogP contribution in [0.1, 0.15) is 33.3 Å². The molecule has 0 aromatic heterocycles. The number of benzene rings is 1. The maximum atomic E-state index is 14.0. The van der Waals surface area contributed by atoms with Crippen LogP contribution in [0.3, 0.4) is 0 Å². The Morgan fingerprint density at radius 2 is 2.10 bits per heavy atom. The smallest absolute Gasteiger partial charge is 0.129 e. The molecule has 1 aromatic carbocycles. The second-order valence-electron chi connectivity index (χ2n) is 6.86. The summed E-state index contributed by atoms with van der Waals surface area (Å²) in [7, 11) is 0. The molecule has 112 valence electrons. The van der Waals surface area contributed by atoms with E-state index >= 15 is 0 Å². The zero-order chi connectivity index (χ0) is 14.9. The Bertz CT molecular complexity index is 470. The number of hydrogen-bond acceptors (Lipinski definition) is 2. The Hall–Kier alpha value is -0.640. The molecule has 0 amide bonds. The number of nitrogens with one attached hydrogen (secondary N) is 1. The zero-order valence-corrected chi connectivity index (χ0v) is 13.5. The van der Waals surface area contributed by atoms with Crippen molar-refractivity contribution in [3.05, 3.63) is 34.6 Å². The van der Waals surface area contributed by atoms with E-state index in [0.29, 0.717) is 23.7 Å². The van der Waals surface area contributed by atoms with Gasteiger partial charge >= 0.3 is 0 Å². The Morgan fingerprint density at radius 3 is 2.70 bits per heavy atom. The summed E-state index contributed by atoms with van der Waals surface area (Å²) in [6.45, 7) is 11.4. The van der Waals surface area contributed by atoms with Crippen molar-refractivity contribution in [1.82, 2.24) is 10.2 Å². The minimum Gasteiger partial charge on any atom is -0.311 e. The summed E-state index contributed by atoms with van der Waals surface area (Å²) in [6.07, 6.45) is 0. The molecule has 0 saturated carbocycles. The number of halogens is 2. The van der Waals surface area contributed by atoms with Crippen molar-refractivity contribution in [2.75, 3.05) is 13.1 Å². The maximum absolute atomic E-state index is 14.0. The highest BCUT2D eigenvalue weighted by atomic mass is 35.5. The van der Waals surface area contributed by atoms with Crippen molar-refractivity contribution in [2.24, 2.45) is 5.41 Å². The molecule has 1 heterocycles. The largest absolute Gasteiger partial charge is 0.311 e. The lowest BCUT2D eigenvalue weighted by Crippen LogP contribution is -2.59. The van der Waals surface area contributed by atoms with Gasteiger partial charge in [-0.1, -0.05) is 38.4 Å². The highest BCUT2D eigenvalue weighted by molar-refractivity contribution is 6.30. The molecule has 1 aromatic rings. The van der Waals surface area contributed by atoms with Crippen LogP contribution in [-0.4, -0.2) is 30.1 Å². The molecule has 4 heteroatoms. The van der Waals surface area contributed by atoms with E-state index in [0.717, 1.165) is 18.7 Å². The second kappa shape index (κ2) is 6.00. The molecule has 2 atom stereocenters. The molecule has 2 rings (SSSR count). The van der Waals surface area contributed by atoms with Crippen LogP contribution in [0.5, 0.6) is 0 Å². The topological polar surface area (TPSA) is 15.3 Å². The average molecular weight is 299 g/mol. The molecule has 2 nitrogen and oxygen atoms in total. The molecule has 0 aliphatic carbocycles. The first-order valence-electron chi connectivity index (χ1n) is 7.18. The fourth-order valence-electron chi connectivity index (χ4n) is 2.88. The van der Waals surface area contributed by atoms with Gasteiger partial charge in [0.1, 0.15) is 5.82 Å². The fourth-order valence-corrected chi connectivity index (χ4v) is 3.04. The van der Waals surface area contributed by atoms with Crippen LogP contribution in [0.15, 0.2) is 18.2 Å². The van der Waals surface area contributed by atoms with Gasteiger partial charge in [-0.25, -0.2) is 4.39 Å². The monoisotopic (exact) mass is 298 g/mol. The maximum Gasteiger partial charge on any atom is 0.129 e. The Labute approximate surface area is 126 Å². The lowest BCUT2D eigenvalue weighted by molar-refractivity contribution is 0.0518. The van der Waals surface area contributed by atoms with E-state index in [9.17, 15) is 4.39 Å². The van der Waals surface area contributed by atoms with E-state index in [2.05, 4.69) is 37.9 Å². The first-order chi connectivity index (χ1) is 9.27. The van der Waals surface area contributed by atoms with Gasteiger partial charge in [0, 0.05) is 42.3 Å². The molecule has 1 aliphatic heterocycles. The van der Waals surface area contributed by atoms with Crippen molar-refractivity contribution in [2.45, 2.75) is 46.3 Å². The van der Waals surface area contributed by atoms with Crippen LogP contribution in [0.25, 0.3) is 0 Å². The third-order valence-electron chi connectivity index (χ3n) is 4.00. The van der Waals surface area contributed by atoms with Crippen LogP contribution in [0.4, 0.5) is 4.39 Å². The van der Waals surface area contributed by atoms with Gasteiger partial charge in [-0.05, 0) is 24.5 Å². The standard InChI is InChI=1S/C16H24ClFN2/c1-11-9-20(15(8-19-11)16(2,3)4)10-12-5-6-13(17)7-14(12)18/h5-7,11,15,19H,8-10H2,1-4H3. The SMILES string of the molecule is CC1CN(Cc2ccc(Cl)cc2F)C(C(C)(C)C)CN1. The normalized spacial score (nSPS) is 24.9. The molecule has 0 radical (unpaired) electrons. The van der Waals surface area contributed by atoms with E-state index in [1.807, 2.05) is 0 Å². The third-order valence-corrected chi connectivity index (χ3v) is 4.23. The van der Waals surface area contributed by atoms with Gasteiger partial charge in [-0.15, -0.1) is 0 Å². The van der Waals surface area contributed by atoms with E-state index in [1.165, 1.54) is 6.07 Å². The van der Waals surface area contributed by atoms with Crippen LogP contribution in [0, 0.1) is 11.2 Å². The van der Waals surface area contributed by atoms with Gasteiger partial charge in [0.15, 0.2) is 0 Å². The Kier molecular flexibility index (Phi) is 4.73. The third kappa shape index (κ3) is 3.72. The number of nitrogens with zero attached hydrogens (tertiary/aromatic N) is 1. The lowest BCUT2D eigenvalue weighted by Gasteiger charge is -2.46. The second-order valence-corrected chi connectivity index (χ2v) is 7.29. The van der Waals surface area contributed by atoms with Gasteiger partial charge in [-0.3, -0.25) is 4.90 Å². The van der Waals surface area contributed by atoms with Gasteiger partial charge in [-0.2, -0.15) is 0 Å². The first kappa shape index (κ1) is 15.7. The van der Waals surface area contributed by atoms with Crippen molar-refractivity contribution >= 4 is 11.6 Å². The van der Waals surface area contributed by atoms with E-state index in [4.69, 9.17) is 11.6 Å². The van der Waals surface area contributed by atoms with E-state index in [1.54, 1.807) is 12.1 Å². The van der Waals surface area contributed by atoms with Crippen LogP contribution in [-0.2, 0) is 6.54 Å². The van der Waals surface area contributed by atoms with Crippen LogP contribution in [0.2, 0.25) is 5.02 Å². The summed E-state index contributed by atoms with van der Waals surface area (Å²) in [4.78, 5) is 2.38. The predicted molar refractivity (Wildman–Crippen MR) is 82.5 cm³/mol. The first-order valence-corrected chi connectivity index (χ1v) is 7.56. The molecule has 2 unspecified atom stereocenters. The van der Waals surface area contributed by atoms with Crippen molar-refractivity contribution in [3.8, 4) is 0 Å². The lowest BCUT2D eigenvalue weighted by atomic mass is 9.83. The van der Waals surface area contributed by atoms with Gasteiger partial charge in [0.2, 0.25) is 0 Å². The highest BCUT2D eigenvalue weighted by Gasteiger charge is 2.34. The van der Waals surface area contributed by atoms with Crippen molar-refractivity contribution in [3.63, 3.8) is 0 Å². The van der Waals surface area contributed by atoms with Crippen molar-refractivity contribution < 1.29 is 4.39 Å². The van der Waals surface area contributed by atoms with E-state index in [-0.39, 0.29) is 11.2 Å². The van der Waals surface area contributed by atoms with Gasteiger partial charge in [0.25, 0.3) is 0 Å². The molecular formula is C16H24ClFN2. The zero-order valence-electron chi connectivity index (χ0n) is 12.7. The minimum absolute atomic E-state index is 0.163. The summed E-state index contributed by atoms with van der Waals surface area (Å²) in [5, 5.41) is 3.97. The van der Waals surface area contributed by atoms with Crippen LogP contribution >= 0.6 is 11.6 Å². The predicted octanol–water partition coefficient (Wildman–Crippen LogP) is 3.69. The summed E-state index contributed by atoms with van der Waals surface area (Å²) in [5.41, 5.74) is 0.883. The molecule has 1 fully saturated rings. The van der Waals surface area contributed by atoms with E-state index < -0.39 is 0 Å². The average Bonchev–Trinajstić information content (AvgIpc) is 2.31. The van der Waals surface area contributed by atoms with Gasteiger partial charge in [0.05, 0.1) is 0 Å². The summed E-state index contributed by atoms with van der Waals surface area (Å²) in [6, 6.07) is 5.79. The Balaban J connectivity index is 2.19. The van der Waals surface area contributed by atoms with Gasteiger partial charge < -0.3 is 5.32 Å².